The Morgan fingerprint density at radius 2 is 1.65 bits per heavy atom. The van der Waals surface area contributed by atoms with Crippen LogP contribution in [0.2, 0.25) is 18.1 Å². The summed E-state index contributed by atoms with van der Waals surface area (Å²) < 4.78 is 25.2. The van der Waals surface area contributed by atoms with Gasteiger partial charge in [-0.1, -0.05) is 20.8 Å². The van der Waals surface area contributed by atoms with Crippen molar-refractivity contribution in [1.29, 1.82) is 0 Å². The molecule has 1 amide bonds. The van der Waals surface area contributed by atoms with Crippen LogP contribution in [0.25, 0.3) is 10.9 Å². The average Bonchev–Trinajstić information content (AvgIpc) is 3.37. The number of amides is 1. The summed E-state index contributed by atoms with van der Waals surface area (Å²) in [6, 6.07) is 5.18. The summed E-state index contributed by atoms with van der Waals surface area (Å²) in [5.74, 6) is -0.240. The summed E-state index contributed by atoms with van der Waals surface area (Å²) in [4.78, 5) is 26.7. The Hall–Kier alpha value is -2.63. The predicted molar refractivity (Wildman–Crippen MR) is 156 cm³/mol. The maximum atomic E-state index is 13.0. The quantitative estimate of drug-likeness (QED) is 0.349. The van der Waals surface area contributed by atoms with E-state index in [1.54, 1.807) is 31.7 Å². The standard InChI is InChI=1S/C29H47N3O7Si/c1-27(2,3)37-25(34)23(33)18-36-20-12-13-21-19(14-20)15-32(30-21)22-16-31(26(35)38-28(4,5)6)17-24(22)39-40(10,11)29(7,8)9/h12-15,22-24,33H,16-18H2,1-11H3/t22-,23?,24+/m1/s1. The maximum Gasteiger partial charge on any atom is 0.410 e. The maximum absolute atomic E-state index is 13.0. The summed E-state index contributed by atoms with van der Waals surface area (Å²) in [6.07, 6.45) is -0.0991. The first-order valence-electron chi connectivity index (χ1n) is 13.8. The van der Waals surface area contributed by atoms with Crippen molar-refractivity contribution in [2.24, 2.45) is 0 Å². The number of likely N-dealkylation sites (tertiary alicyclic amines) is 1. The van der Waals surface area contributed by atoms with Crippen molar-refractivity contribution in [3.05, 3.63) is 24.4 Å². The number of rotatable bonds is 7. The molecule has 1 aliphatic rings. The molecule has 10 nitrogen and oxygen atoms in total. The molecular formula is C29H47N3O7Si. The Balaban J connectivity index is 1.81. The van der Waals surface area contributed by atoms with Crippen LogP contribution in [0.4, 0.5) is 4.79 Å². The van der Waals surface area contributed by atoms with Crippen LogP contribution in [0.3, 0.4) is 0 Å². The fraction of sp³-hybridized carbons (Fsp3) is 0.690. The number of benzene rings is 1. The molecule has 1 unspecified atom stereocenters. The second-order valence-electron chi connectivity index (χ2n) is 14.1. The fourth-order valence-corrected chi connectivity index (χ4v) is 5.39. The smallest absolute Gasteiger partial charge is 0.410 e. The van der Waals surface area contributed by atoms with Gasteiger partial charge in [-0.25, -0.2) is 9.59 Å². The first-order valence-corrected chi connectivity index (χ1v) is 16.7. The minimum absolute atomic E-state index is 0.00181. The number of hydrogen-bond donors (Lipinski definition) is 1. The highest BCUT2D eigenvalue weighted by molar-refractivity contribution is 6.74. The molecule has 3 atom stereocenters. The highest BCUT2D eigenvalue weighted by Crippen LogP contribution is 2.40. The van der Waals surface area contributed by atoms with E-state index in [4.69, 9.17) is 23.7 Å². The van der Waals surface area contributed by atoms with Gasteiger partial charge in [-0.3, -0.25) is 4.68 Å². The SMILES string of the molecule is CC(C)(C)OC(=O)C(O)COc1ccc2nn([C@@H]3CN(C(=O)OC(C)(C)C)C[C@@H]3O[Si](C)(C)C(C)(C)C)cc2c1. The number of carbonyl (C=O) groups is 2. The third-order valence-corrected chi connectivity index (χ3v) is 11.6. The topological polar surface area (TPSA) is 112 Å². The van der Waals surface area contributed by atoms with Gasteiger partial charge in [-0.15, -0.1) is 0 Å². The van der Waals surface area contributed by atoms with Gasteiger partial charge in [0, 0.05) is 18.1 Å². The van der Waals surface area contributed by atoms with Crippen LogP contribution in [0.15, 0.2) is 24.4 Å². The van der Waals surface area contributed by atoms with Gasteiger partial charge in [0.25, 0.3) is 0 Å². The molecule has 224 valence electrons. The Morgan fingerprint density at radius 1 is 1.02 bits per heavy atom. The van der Waals surface area contributed by atoms with Gasteiger partial charge < -0.3 is 28.6 Å². The lowest BCUT2D eigenvalue weighted by atomic mass is 10.2. The monoisotopic (exact) mass is 577 g/mol. The van der Waals surface area contributed by atoms with Gasteiger partial charge in [0.15, 0.2) is 14.4 Å². The minimum atomic E-state index is -2.15. The van der Waals surface area contributed by atoms with Crippen molar-refractivity contribution in [3.8, 4) is 5.75 Å². The molecule has 1 fully saturated rings. The van der Waals surface area contributed by atoms with Gasteiger partial charge in [-0.05, 0) is 77.9 Å². The molecule has 1 saturated heterocycles. The average molecular weight is 578 g/mol. The van der Waals surface area contributed by atoms with Crippen molar-refractivity contribution in [1.82, 2.24) is 14.7 Å². The Labute approximate surface area is 239 Å². The normalized spacial score (nSPS) is 19.6. The summed E-state index contributed by atoms with van der Waals surface area (Å²) in [6.45, 7) is 22.4. The van der Waals surface area contributed by atoms with E-state index >= 15 is 0 Å². The highest BCUT2D eigenvalue weighted by atomic mass is 28.4. The lowest BCUT2D eigenvalue weighted by molar-refractivity contribution is -0.166. The molecule has 0 radical (unpaired) electrons. The molecule has 2 heterocycles. The van der Waals surface area contributed by atoms with Crippen LogP contribution in [0, 0.1) is 0 Å². The first kappa shape index (κ1) is 31.9. The molecule has 1 aromatic carbocycles. The van der Waals surface area contributed by atoms with Gasteiger partial charge in [0.2, 0.25) is 0 Å². The minimum Gasteiger partial charge on any atom is -0.490 e. The first-order chi connectivity index (χ1) is 18.1. The van der Waals surface area contributed by atoms with Gasteiger partial charge in [0.1, 0.15) is 23.6 Å². The van der Waals surface area contributed by atoms with Crippen molar-refractivity contribution in [2.75, 3.05) is 19.7 Å². The molecule has 40 heavy (non-hydrogen) atoms. The molecule has 1 N–H and O–H groups in total. The Morgan fingerprint density at radius 3 is 2.23 bits per heavy atom. The van der Waals surface area contributed by atoms with Gasteiger partial charge in [-0.2, -0.15) is 5.10 Å². The van der Waals surface area contributed by atoms with E-state index in [9.17, 15) is 14.7 Å². The predicted octanol–water partition coefficient (Wildman–Crippen LogP) is 5.30. The van der Waals surface area contributed by atoms with E-state index in [0.29, 0.717) is 18.8 Å². The summed E-state index contributed by atoms with van der Waals surface area (Å²) in [5.41, 5.74) is -0.544. The number of aromatic nitrogens is 2. The molecule has 0 spiro atoms. The van der Waals surface area contributed by atoms with Crippen LogP contribution in [-0.4, -0.2) is 83.3 Å². The number of ether oxygens (including phenoxy) is 3. The second kappa shape index (κ2) is 11.3. The molecule has 0 aliphatic carbocycles. The molecule has 11 heteroatoms. The van der Waals surface area contributed by atoms with Crippen LogP contribution < -0.4 is 4.74 Å². The van der Waals surface area contributed by atoms with E-state index in [1.807, 2.05) is 43.8 Å². The summed E-state index contributed by atoms with van der Waals surface area (Å²) in [5, 5.41) is 15.8. The zero-order chi connectivity index (χ0) is 30.3. The van der Waals surface area contributed by atoms with Gasteiger partial charge in [0.05, 0.1) is 24.2 Å². The van der Waals surface area contributed by atoms with E-state index in [2.05, 4.69) is 33.9 Å². The Kier molecular flexibility index (Phi) is 9.03. The molecule has 3 rings (SSSR count). The van der Waals surface area contributed by atoms with E-state index in [-0.39, 0.29) is 29.9 Å². The number of aliphatic hydroxyl groups excluding tert-OH is 1. The number of nitrogens with zero attached hydrogens (tertiary/aromatic N) is 3. The number of aliphatic hydroxyl groups is 1. The molecule has 1 aromatic heterocycles. The van der Waals surface area contributed by atoms with Crippen LogP contribution in [0.5, 0.6) is 5.75 Å². The summed E-state index contributed by atoms with van der Waals surface area (Å²) in [7, 11) is -2.15. The summed E-state index contributed by atoms with van der Waals surface area (Å²) >= 11 is 0. The number of hydrogen-bond acceptors (Lipinski definition) is 8. The molecular weight excluding hydrogens is 530 g/mol. The zero-order valence-electron chi connectivity index (χ0n) is 25.9. The highest BCUT2D eigenvalue weighted by Gasteiger charge is 2.46. The third-order valence-electron chi connectivity index (χ3n) is 7.06. The van der Waals surface area contributed by atoms with Crippen LogP contribution in [-0.2, 0) is 18.7 Å². The Bertz CT molecular complexity index is 1210. The molecule has 1 aliphatic heterocycles. The van der Waals surface area contributed by atoms with Crippen LogP contribution >= 0.6 is 0 Å². The zero-order valence-corrected chi connectivity index (χ0v) is 26.9. The lowest BCUT2D eigenvalue weighted by Gasteiger charge is -2.39. The molecule has 2 aromatic rings. The molecule has 0 bridgehead atoms. The van der Waals surface area contributed by atoms with E-state index < -0.39 is 31.6 Å². The lowest BCUT2D eigenvalue weighted by Crippen LogP contribution is -2.46. The van der Waals surface area contributed by atoms with Crippen LogP contribution in [0.1, 0.15) is 68.4 Å². The number of carbonyl (C=O) groups excluding carboxylic acids is 2. The third kappa shape index (κ3) is 8.20. The van der Waals surface area contributed by atoms with E-state index in [0.717, 1.165) is 10.9 Å². The van der Waals surface area contributed by atoms with Gasteiger partial charge >= 0.3 is 12.1 Å². The van der Waals surface area contributed by atoms with Crippen molar-refractivity contribution >= 4 is 31.3 Å². The van der Waals surface area contributed by atoms with Crippen molar-refractivity contribution in [2.45, 2.75) is 110 Å². The van der Waals surface area contributed by atoms with Crippen molar-refractivity contribution in [3.63, 3.8) is 0 Å². The van der Waals surface area contributed by atoms with E-state index in [1.165, 1.54) is 0 Å². The number of esters is 1. The fourth-order valence-electron chi connectivity index (χ4n) is 4.05. The number of fused-ring (bicyclic) bond motifs is 1. The van der Waals surface area contributed by atoms with Crippen molar-refractivity contribution < 1.29 is 33.3 Å². The largest absolute Gasteiger partial charge is 0.490 e. The second-order valence-corrected chi connectivity index (χ2v) is 18.8. The molecule has 0 saturated carbocycles.